The van der Waals surface area contributed by atoms with E-state index in [0.29, 0.717) is 11.3 Å². The lowest BCUT2D eigenvalue weighted by atomic mass is 10.1. The molecule has 0 aliphatic carbocycles. The van der Waals surface area contributed by atoms with Crippen molar-refractivity contribution in [2.45, 2.75) is 13.3 Å². The predicted octanol–water partition coefficient (Wildman–Crippen LogP) is 3.32. The van der Waals surface area contributed by atoms with Crippen molar-refractivity contribution in [3.63, 3.8) is 0 Å². The van der Waals surface area contributed by atoms with Crippen molar-refractivity contribution in [2.24, 2.45) is 0 Å². The van der Waals surface area contributed by atoms with Crippen LogP contribution >= 0.6 is 0 Å². The molecule has 0 N–H and O–H groups in total. The minimum Gasteiger partial charge on any atom is -0.486 e. The summed E-state index contributed by atoms with van der Waals surface area (Å²) in [7, 11) is 0. The minimum absolute atomic E-state index is 0.0439. The van der Waals surface area contributed by atoms with Gasteiger partial charge in [0.05, 0.1) is 0 Å². The zero-order chi connectivity index (χ0) is 13.7. The van der Waals surface area contributed by atoms with Crippen LogP contribution in [0.1, 0.15) is 11.1 Å². The normalized spacial score (nSPS) is 10.2. The number of halogens is 1. The lowest BCUT2D eigenvalue weighted by Crippen LogP contribution is -2.14. The third kappa shape index (κ3) is 3.91. The van der Waals surface area contributed by atoms with E-state index in [-0.39, 0.29) is 24.6 Å². The van der Waals surface area contributed by atoms with E-state index in [9.17, 15) is 9.18 Å². The number of hydrogen-bond donors (Lipinski definition) is 0. The summed E-state index contributed by atoms with van der Waals surface area (Å²) in [6.07, 6.45) is 0.0541. The Labute approximate surface area is 111 Å². The Bertz CT molecular complexity index is 578. The fraction of sp³-hybridized carbons (Fsp3) is 0.188. The van der Waals surface area contributed by atoms with Crippen molar-refractivity contribution >= 4 is 5.78 Å². The molecule has 0 heterocycles. The molecule has 0 aliphatic heterocycles. The van der Waals surface area contributed by atoms with Crippen molar-refractivity contribution in [3.8, 4) is 5.75 Å². The molecule has 0 spiro atoms. The van der Waals surface area contributed by atoms with Crippen LogP contribution in [0.2, 0.25) is 0 Å². The lowest BCUT2D eigenvalue weighted by Gasteiger charge is -2.06. The fourth-order valence-electron chi connectivity index (χ4n) is 1.77. The van der Waals surface area contributed by atoms with Crippen LogP contribution in [-0.2, 0) is 11.2 Å². The van der Waals surface area contributed by atoms with Gasteiger partial charge in [0.2, 0.25) is 0 Å². The van der Waals surface area contributed by atoms with Crippen LogP contribution < -0.4 is 4.74 Å². The molecule has 0 bridgehead atoms. The topological polar surface area (TPSA) is 26.3 Å². The third-order valence-electron chi connectivity index (χ3n) is 2.73. The molecule has 0 atom stereocenters. The summed E-state index contributed by atoms with van der Waals surface area (Å²) in [5, 5.41) is 0. The number of hydrogen-bond acceptors (Lipinski definition) is 2. The maximum Gasteiger partial charge on any atom is 0.174 e. The van der Waals surface area contributed by atoms with E-state index in [2.05, 4.69) is 0 Å². The standard InChI is InChI=1S/C16H15FO2/c1-12-5-4-7-15(9-12)19-11-14(18)10-13-6-2-3-8-16(13)17/h2-9H,10-11H2,1H3. The number of carbonyl (C=O) groups is 1. The van der Waals surface area contributed by atoms with Gasteiger partial charge >= 0.3 is 0 Å². The first-order valence-corrected chi connectivity index (χ1v) is 6.10. The first kappa shape index (κ1) is 13.3. The molecule has 0 unspecified atom stereocenters. The summed E-state index contributed by atoms with van der Waals surface area (Å²) in [6.45, 7) is 1.91. The van der Waals surface area contributed by atoms with E-state index in [1.807, 2.05) is 25.1 Å². The second-order valence-electron chi connectivity index (χ2n) is 4.41. The summed E-state index contributed by atoms with van der Waals surface area (Å²) in [4.78, 5) is 11.7. The molecule has 0 amide bonds. The molecule has 2 aromatic carbocycles. The minimum atomic E-state index is -0.355. The average Bonchev–Trinajstić information content (AvgIpc) is 2.39. The summed E-state index contributed by atoms with van der Waals surface area (Å²) in [5.74, 6) is 0.153. The van der Waals surface area contributed by atoms with Gasteiger partial charge < -0.3 is 4.74 Å². The van der Waals surface area contributed by atoms with Crippen molar-refractivity contribution in [3.05, 3.63) is 65.5 Å². The van der Waals surface area contributed by atoms with Crippen LogP contribution in [0.25, 0.3) is 0 Å². The third-order valence-corrected chi connectivity index (χ3v) is 2.73. The van der Waals surface area contributed by atoms with Gasteiger partial charge in [-0.25, -0.2) is 4.39 Å². The van der Waals surface area contributed by atoms with Crippen LogP contribution in [0.5, 0.6) is 5.75 Å². The molecule has 0 aliphatic rings. The highest BCUT2D eigenvalue weighted by molar-refractivity contribution is 5.82. The molecule has 2 rings (SSSR count). The van der Waals surface area contributed by atoms with Crippen LogP contribution in [0.15, 0.2) is 48.5 Å². The highest BCUT2D eigenvalue weighted by atomic mass is 19.1. The second-order valence-corrected chi connectivity index (χ2v) is 4.41. The number of ether oxygens (including phenoxy) is 1. The lowest BCUT2D eigenvalue weighted by molar-refractivity contribution is -0.120. The number of rotatable bonds is 5. The molecular weight excluding hydrogens is 243 g/mol. The fourth-order valence-corrected chi connectivity index (χ4v) is 1.77. The number of Topliss-reactive ketones (excluding diaryl/α,β-unsaturated/α-hetero) is 1. The summed E-state index contributed by atoms with van der Waals surface area (Å²) < 4.78 is 18.8. The van der Waals surface area contributed by atoms with Crippen molar-refractivity contribution in [1.82, 2.24) is 0 Å². The Hall–Kier alpha value is -2.16. The van der Waals surface area contributed by atoms with Gasteiger partial charge in [0, 0.05) is 6.42 Å². The quantitative estimate of drug-likeness (QED) is 0.822. The van der Waals surface area contributed by atoms with Crippen molar-refractivity contribution < 1.29 is 13.9 Å². The van der Waals surface area contributed by atoms with Crippen LogP contribution in [-0.4, -0.2) is 12.4 Å². The van der Waals surface area contributed by atoms with Crippen LogP contribution in [0.3, 0.4) is 0 Å². The Kier molecular flexibility index (Phi) is 4.29. The monoisotopic (exact) mass is 258 g/mol. The highest BCUT2D eigenvalue weighted by Gasteiger charge is 2.08. The number of carbonyl (C=O) groups excluding carboxylic acids is 1. The van der Waals surface area contributed by atoms with E-state index in [1.54, 1.807) is 24.3 Å². The zero-order valence-electron chi connectivity index (χ0n) is 10.7. The predicted molar refractivity (Wildman–Crippen MR) is 71.8 cm³/mol. The smallest absolute Gasteiger partial charge is 0.174 e. The Balaban J connectivity index is 1.90. The number of ketones is 1. The van der Waals surface area contributed by atoms with Gasteiger partial charge in [-0.15, -0.1) is 0 Å². The molecule has 3 heteroatoms. The summed E-state index contributed by atoms with van der Waals surface area (Å²) >= 11 is 0. The Morgan fingerprint density at radius 2 is 1.95 bits per heavy atom. The Morgan fingerprint density at radius 3 is 2.68 bits per heavy atom. The number of aryl methyl sites for hydroxylation is 1. The maximum absolute atomic E-state index is 13.4. The van der Waals surface area contributed by atoms with Gasteiger partial charge in [0.1, 0.15) is 18.2 Å². The molecule has 0 saturated heterocycles. The molecule has 2 nitrogen and oxygen atoms in total. The van der Waals surface area contributed by atoms with E-state index >= 15 is 0 Å². The average molecular weight is 258 g/mol. The summed E-state index contributed by atoms with van der Waals surface area (Å²) in [6, 6.07) is 13.8. The summed E-state index contributed by atoms with van der Waals surface area (Å²) in [5.41, 5.74) is 1.47. The van der Waals surface area contributed by atoms with E-state index in [0.717, 1.165) is 5.56 Å². The van der Waals surface area contributed by atoms with Crippen LogP contribution in [0.4, 0.5) is 4.39 Å². The van der Waals surface area contributed by atoms with Gasteiger partial charge in [0.25, 0.3) is 0 Å². The Morgan fingerprint density at radius 1 is 1.16 bits per heavy atom. The zero-order valence-corrected chi connectivity index (χ0v) is 10.7. The first-order valence-electron chi connectivity index (χ1n) is 6.10. The SMILES string of the molecule is Cc1cccc(OCC(=O)Cc2ccccc2F)c1. The van der Waals surface area contributed by atoms with Crippen LogP contribution in [0, 0.1) is 12.7 Å². The molecule has 2 aromatic rings. The van der Waals surface area contributed by atoms with Gasteiger partial charge in [-0.2, -0.15) is 0 Å². The van der Waals surface area contributed by atoms with Gasteiger partial charge in [0.15, 0.2) is 5.78 Å². The largest absolute Gasteiger partial charge is 0.486 e. The van der Waals surface area contributed by atoms with Crippen molar-refractivity contribution in [2.75, 3.05) is 6.61 Å². The van der Waals surface area contributed by atoms with Gasteiger partial charge in [-0.1, -0.05) is 30.3 Å². The maximum atomic E-state index is 13.4. The van der Waals surface area contributed by atoms with E-state index < -0.39 is 0 Å². The molecule has 0 fully saturated rings. The highest BCUT2D eigenvalue weighted by Crippen LogP contribution is 2.13. The molecule has 19 heavy (non-hydrogen) atoms. The van der Waals surface area contributed by atoms with Gasteiger partial charge in [-0.3, -0.25) is 4.79 Å². The molecule has 0 radical (unpaired) electrons. The number of benzene rings is 2. The first-order chi connectivity index (χ1) is 9.15. The molecule has 0 saturated carbocycles. The van der Waals surface area contributed by atoms with Crippen molar-refractivity contribution in [1.29, 1.82) is 0 Å². The van der Waals surface area contributed by atoms with Gasteiger partial charge in [-0.05, 0) is 36.2 Å². The second kappa shape index (κ2) is 6.14. The molecule has 98 valence electrons. The van der Waals surface area contributed by atoms with E-state index in [4.69, 9.17) is 4.74 Å². The molecule has 0 aromatic heterocycles. The molecular formula is C16H15FO2. The van der Waals surface area contributed by atoms with E-state index in [1.165, 1.54) is 6.07 Å².